The fourth-order valence-electron chi connectivity index (χ4n) is 2.27. The second-order valence-corrected chi connectivity index (χ2v) is 5.16. The molecule has 0 heterocycles. The Morgan fingerprint density at radius 1 is 1.09 bits per heavy atom. The standard InChI is InChI=1S/C18H21NO3/c1-22-17-9-7-15(8-10-17)11-16(13-20)19-18(21)12-14-5-3-2-4-6-14/h2-10,16,20H,11-13H2,1H3,(H,19,21). The molecule has 0 aliphatic rings. The van der Waals surface area contributed by atoms with Crippen molar-refractivity contribution in [2.45, 2.75) is 18.9 Å². The van der Waals surface area contributed by atoms with Gasteiger partial charge in [-0.1, -0.05) is 42.5 Å². The fraction of sp³-hybridized carbons (Fsp3) is 0.278. The van der Waals surface area contributed by atoms with Gasteiger partial charge in [0.25, 0.3) is 0 Å². The molecule has 2 rings (SSSR count). The van der Waals surface area contributed by atoms with Crippen molar-refractivity contribution in [3.8, 4) is 5.75 Å². The summed E-state index contributed by atoms with van der Waals surface area (Å²) in [5.74, 6) is 0.705. The number of methoxy groups -OCH3 is 1. The van der Waals surface area contributed by atoms with E-state index in [0.717, 1.165) is 16.9 Å². The lowest BCUT2D eigenvalue weighted by molar-refractivity contribution is -0.121. The predicted molar refractivity (Wildman–Crippen MR) is 85.9 cm³/mol. The van der Waals surface area contributed by atoms with Crippen molar-refractivity contribution in [2.24, 2.45) is 0 Å². The monoisotopic (exact) mass is 299 g/mol. The van der Waals surface area contributed by atoms with Crippen LogP contribution in [0.1, 0.15) is 11.1 Å². The number of ether oxygens (including phenoxy) is 1. The Morgan fingerprint density at radius 3 is 2.36 bits per heavy atom. The van der Waals surface area contributed by atoms with E-state index in [1.54, 1.807) is 7.11 Å². The minimum absolute atomic E-state index is 0.0845. The summed E-state index contributed by atoms with van der Waals surface area (Å²) in [5.41, 5.74) is 2.00. The van der Waals surface area contributed by atoms with E-state index >= 15 is 0 Å². The molecule has 0 aromatic heterocycles. The summed E-state index contributed by atoms with van der Waals surface area (Å²) in [6, 6.07) is 16.9. The van der Waals surface area contributed by atoms with Crippen molar-refractivity contribution < 1.29 is 14.6 Å². The zero-order chi connectivity index (χ0) is 15.8. The van der Waals surface area contributed by atoms with Crippen LogP contribution in [0.4, 0.5) is 0 Å². The molecule has 22 heavy (non-hydrogen) atoms. The van der Waals surface area contributed by atoms with Crippen LogP contribution in [0.3, 0.4) is 0 Å². The van der Waals surface area contributed by atoms with E-state index in [0.29, 0.717) is 12.8 Å². The van der Waals surface area contributed by atoms with Gasteiger partial charge >= 0.3 is 0 Å². The molecule has 1 unspecified atom stereocenters. The van der Waals surface area contributed by atoms with Crippen LogP contribution in [0, 0.1) is 0 Å². The maximum atomic E-state index is 12.0. The number of hydrogen-bond donors (Lipinski definition) is 2. The summed E-state index contributed by atoms with van der Waals surface area (Å²) in [6.07, 6.45) is 0.904. The van der Waals surface area contributed by atoms with Gasteiger partial charge < -0.3 is 15.2 Å². The molecule has 0 aliphatic carbocycles. The third kappa shape index (κ3) is 4.90. The molecule has 0 saturated heterocycles. The van der Waals surface area contributed by atoms with Crippen LogP contribution in [0.15, 0.2) is 54.6 Å². The first-order valence-electron chi connectivity index (χ1n) is 7.28. The highest BCUT2D eigenvalue weighted by Crippen LogP contribution is 2.12. The number of carbonyl (C=O) groups is 1. The van der Waals surface area contributed by atoms with E-state index in [1.807, 2.05) is 54.6 Å². The number of carbonyl (C=O) groups excluding carboxylic acids is 1. The summed E-state index contributed by atoms with van der Waals surface area (Å²) < 4.78 is 5.11. The van der Waals surface area contributed by atoms with Crippen LogP contribution in [0.2, 0.25) is 0 Å². The van der Waals surface area contributed by atoms with Gasteiger partial charge in [-0.15, -0.1) is 0 Å². The van der Waals surface area contributed by atoms with E-state index in [2.05, 4.69) is 5.32 Å². The molecule has 0 aliphatic heterocycles. The van der Waals surface area contributed by atoms with Crippen LogP contribution >= 0.6 is 0 Å². The molecule has 1 atom stereocenters. The minimum Gasteiger partial charge on any atom is -0.497 e. The highest BCUT2D eigenvalue weighted by atomic mass is 16.5. The molecule has 0 fully saturated rings. The Labute approximate surface area is 130 Å². The lowest BCUT2D eigenvalue weighted by atomic mass is 10.1. The summed E-state index contributed by atoms with van der Waals surface area (Å²) in [6.45, 7) is -0.0907. The molecule has 2 aromatic carbocycles. The van der Waals surface area contributed by atoms with Crippen molar-refractivity contribution >= 4 is 5.91 Å². The first-order chi connectivity index (χ1) is 10.7. The molecule has 0 saturated carbocycles. The Morgan fingerprint density at radius 2 is 1.77 bits per heavy atom. The predicted octanol–water partition coefficient (Wildman–Crippen LogP) is 1.96. The Balaban J connectivity index is 1.89. The van der Waals surface area contributed by atoms with Gasteiger partial charge in [-0.3, -0.25) is 4.79 Å². The average molecular weight is 299 g/mol. The molecule has 1 amide bonds. The lowest BCUT2D eigenvalue weighted by Crippen LogP contribution is -2.39. The quantitative estimate of drug-likeness (QED) is 0.821. The summed E-state index contributed by atoms with van der Waals surface area (Å²) in [7, 11) is 1.62. The maximum absolute atomic E-state index is 12.0. The molecule has 4 heteroatoms. The Kier molecular flexibility index (Phi) is 5.98. The van der Waals surface area contributed by atoms with E-state index in [4.69, 9.17) is 4.74 Å². The van der Waals surface area contributed by atoms with E-state index in [9.17, 15) is 9.90 Å². The number of nitrogens with one attached hydrogen (secondary N) is 1. The smallest absolute Gasteiger partial charge is 0.224 e. The van der Waals surface area contributed by atoms with Crippen molar-refractivity contribution in [2.75, 3.05) is 13.7 Å². The third-order valence-corrected chi connectivity index (χ3v) is 3.43. The van der Waals surface area contributed by atoms with Crippen molar-refractivity contribution in [3.05, 3.63) is 65.7 Å². The summed E-state index contributed by atoms with van der Waals surface area (Å²) in [5, 5.41) is 12.3. The third-order valence-electron chi connectivity index (χ3n) is 3.43. The van der Waals surface area contributed by atoms with E-state index < -0.39 is 0 Å². The molecule has 0 radical (unpaired) electrons. The van der Waals surface area contributed by atoms with Crippen LogP contribution in [-0.4, -0.2) is 30.8 Å². The highest BCUT2D eigenvalue weighted by Gasteiger charge is 2.12. The maximum Gasteiger partial charge on any atom is 0.224 e. The highest BCUT2D eigenvalue weighted by molar-refractivity contribution is 5.78. The molecule has 4 nitrogen and oxygen atoms in total. The van der Waals surface area contributed by atoms with Crippen LogP contribution in [0.5, 0.6) is 5.75 Å². The first-order valence-corrected chi connectivity index (χ1v) is 7.28. The van der Waals surface area contributed by atoms with E-state index in [1.165, 1.54) is 0 Å². The van der Waals surface area contributed by atoms with Gasteiger partial charge in [-0.05, 0) is 29.7 Å². The molecule has 2 aromatic rings. The van der Waals surface area contributed by atoms with Gasteiger partial charge in [0.15, 0.2) is 0 Å². The molecule has 116 valence electrons. The number of hydrogen-bond acceptors (Lipinski definition) is 3. The van der Waals surface area contributed by atoms with Crippen molar-refractivity contribution in [3.63, 3.8) is 0 Å². The molecule has 2 N–H and O–H groups in total. The van der Waals surface area contributed by atoms with Crippen molar-refractivity contribution in [1.29, 1.82) is 0 Å². The van der Waals surface area contributed by atoms with Gasteiger partial charge in [-0.25, -0.2) is 0 Å². The number of amides is 1. The van der Waals surface area contributed by atoms with Gasteiger partial charge in [0, 0.05) is 0 Å². The van der Waals surface area contributed by atoms with Crippen LogP contribution in [0.25, 0.3) is 0 Å². The molecule has 0 spiro atoms. The Bertz CT molecular complexity index is 581. The number of aliphatic hydroxyl groups is 1. The van der Waals surface area contributed by atoms with Crippen LogP contribution < -0.4 is 10.1 Å². The van der Waals surface area contributed by atoms with E-state index in [-0.39, 0.29) is 18.6 Å². The van der Waals surface area contributed by atoms with Gasteiger partial charge in [-0.2, -0.15) is 0 Å². The minimum atomic E-state index is -0.287. The molecular formula is C18H21NO3. The van der Waals surface area contributed by atoms with Crippen molar-refractivity contribution in [1.82, 2.24) is 5.32 Å². The second kappa shape index (κ2) is 8.20. The van der Waals surface area contributed by atoms with Gasteiger partial charge in [0.05, 0.1) is 26.2 Å². The zero-order valence-corrected chi connectivity index (χ0v) is 12.7. The molecular weight excluding hydrogens is 278 g/mol. The normalized spacial score (nSPS) is 11.7. The summed E-state index contributed by atoms with van der Waals surface area (Å²) >= 11 is 0. The first kappa shape index (κ1) is 16.0. The summed E-state index contributed by atoms with van der Waals surface area (Å²) in [4.78, 5) is 12.0. The van der Waals surface area contributed by atoms with Gasteiger partial charge in [0.2, 0.25) is 5.91 Å². The SMILES string of the molecule is COc1ccc(CC(CO)NC(=O)Cc2ccccc2)cc1. The van der Waals surface area contributed by atoms with Crippen LogP contribution in [-0.2, 0) is 17.6 Å². The fourth-order valence-corrected chi connectivity index (χ4v) is 2.27. The number of benzene rings is 2. The number of rotatable bonds is 7. The topological polar surface area (TPSA) is 58.6 Å². The number of aliphatic hydroxyl groups excluding tert-OH is 1. The molecule has 0 bridgehead atoms. The lowest BCUT2D eigenvalue weighted by Gasteiger charge is -2.16. The van der Waals surface area contributed by atoms with Gasteiger partial charge in [0.1, 0.15) is 5.75 Å². The second-order valence-electron chi connectivity index (χ2n) is 5.16. The Hall–Kier alpha value is -2.33. The average Bonchev–Trinajstić information content (AvgIpc) is 2.55. The largest absolute Gasteiger partial charge is 0.497 e. The zero-order valence-electron chi connectivity index (χ0n) is 12.7.